The predicted molar refractivity (Wildman–Crippen MR) is 115 cm³/mol. The quantitative estimate of drug-likeness (QED) is 0.642. The minimum absolute atomic E-state index is 0.0549. The maximum Gasteiger partial charge on any atom is 0.257 e. The lowest BCUT2D eigenvalue weighted by Crippen LogP contribution is -2.14. The molecule has 0 aliphatic carbocycles. The summed E-state index contributed by atoms with van der Waals surface area (Å²) in [4.78, 5) is 12.4. The Balaban J connectivity index is 1.63. The fourth-order valence-corrected chi connectivity index (χ4v) is 3.17. The first-order valence-corrected chi connectivity index (χ1v) is 9.74. The molecule has 2 aromatic carbocycles. The van der Waals surface area contributed by atoms with Crippen molar-refractivity contribution < 1.29 is 9.53 Å². The van der Waals surface area contributed by atoms with Crippen molar-refractivity contribution in [3.8, 4) is 5.75 Å². The van der Waals surface area contributed by atoms with Gasteiger partial charge in [-0.05, 0) is 46.9 Å². The van der Waals surface area contributed by atoms with Gasteiger partial charge in [0.25, 0.3) is 5.91 Å². The van der Waals surface area contributed by atoms with Crippen molar-refractivity contribution in [1.29, 1.82) is 0 Å². The molecule has 0 fully saturated rings. The van der Waals surface area contributed by atoms with E-state index >= 15 is 0 Å². The van der Waals surface area contributed by atoms with E-state index in [-0.39, 0.29) is 11.3 Å². The van der Waals surface area contributed by atoms with Gasteiger partial charge in [-0.15, -0.1) is 10.2 Å². The average molecular weight is 394 g/mol. The number of aromatic nitrogens is 2. The number of rotatable bonds is 5. The van der Waals surface area contributed by atoms with Crippen LogP contribution in [-0.2, 0) is 5.41 Å². The van der Waals surface area contributed by atoms with E-state index in [0.29, 0.717) is 15.7 Å². The van der Waals surface area contributed by atoms with E-state index in [1.54, 1.807) is 7.11 Å². The second kappa shape index (κ2) is 8.35. The lowest BCUT2D eigenvalue weighted by Gasteiger charge is -2.18. The lowest BCUT2D eigenvalue weighted by molar-refractivity contribution is 0.102. The van der Waals surface area contributed by atoms with E-state index in [9.17, 15) is 4.79 Å². The van der Waals surface area contributed by atoms with Crippen molar-refractivity contribution in [2.24, 2.45) is 0 Å². The number of nitrogens with zero attached hydrogens (tertiary/aromatic N) is 2. The molecule has 0 spiro atoms. The molecule has 1 aromatic heterocycles. The van der Waals surface area contributed by atoms with Gasteiger partial charge in [-0.2, -0.15) is 0 Å². The topological polar surface area (TPSA) is 64.1 Å². The Morgan fingerprint density at radius 1 is 1.00 bits per heavy atom. The van der Waals surface area contributed by atoms with Crippen LogP contribution in [0.4, 0.5) is 5.13 Å². The second-order valence-electron chi connectivity index (χ2n) is 7.33. The molecule has 0 saturated heterocycles. The Labute approximate surface area is 169 Å². The Hall–Kier alpha value is -2.99. The molecule has 0 unspecified atom stereocenters. The van der Waals surface area contributed by atoms with E-state index in [4.69, 9.17) is 4.74 Å². The lowest BCUT2D eigenvalue weighted by atomic mass is 9.87. The fourth-order valence-electron chi connectivity index (χ4n) is 2.53. The van der Waals surface area contributed by atoms with Gasteiger partial charge in [-0.1, -0.05) is 62.4 Å². The van der Waals surface area contributed by atoms with Crippen LogP contribution in [0.15, 0.2) is 48.5 Å². The van der Waals surface area contributed by atoms with Crippen LogP contribution in [0, 0.1) is 0 Å². The summed E-state index contributed by atoms with van der Waals surface area (Å²) in [5.41, 5.74) is 2.87. The predicted octanol–water partition coefficient (Wildman–Crippen LogP) is 5.27. The van der Waals surface area contributed by atoms with Crippen LogP contribution in [0.1, 0.15) is 47.3 Å². The number of anilines is 1. The van der Waals surface area contributed by atoms with Gasteiger partial charge in [0.2, 0.25) is 5.13 Å². The van der Waals surface area contributed by atoms with Crippen molar-refractivity contribution >= 4 is 34.5 Å². The largest absolute Gasteiger partial charge is 0.497 e. The van der Waals surface area contributed by atoms with E-state index in [1.165, 1.54) is 16.9 Å². The third-order valence-corrected chi connectivity index (χ3v) is 5.01. The molecular formula is C22H23N3O2S. The molecule has 0 saturated carbocycles. The Morgan fingerprint density at radius 3 is 2.29 bits per heavy atom. The molecular weight excluding hydrogens is 370 g/mol. The molecule has 144 valence electrons. The molecule has 0 aliphatic rings. The van der Waals surface area contributed by atoms with Crippen LogP contribution in [-0.4, -0.2) is 23.2 Å². The second-order valence-corrected chi connectivity index (χ2v) is 8.34. The smallest absolute Gasteiger partial charge is 0.257 e. The third kappa shape index (κ3) is 5.04. The van der Waals surface area contributed by atoms with Gasteiger partial charge in [0, 0.05) is 5.56 Å². The Morgan fingerprint density at radius 2 is 1.68 bits per heavy atom. The number of ether oxygens (including phenoxy) is 1. The molecule has 0 atom stereocenters. The Kier molecular flexibility index (Phi) is 5.90. The maximum atomic E-state index is 12.4. The first kappa shape index (κ1) is 19.8. The van der Waals surface area contributed by atoms with Crippen molar-refractivity contribution in [2.45, 2.75) is 26.2 Å². The molecule has 6 heteroatoms. The number of hydrogen-bond acceptors (Lipinski definition) is 5. The highest BCUT2D eigenvalue weighted by Crippen LogP contribution is 2.23. The number of benzene rings is 2. The highest BCUT2D eigenvalue weighted by Gasteiger charge is 2.15. The van der Waals surface area contributed by atoms with E-state index in [1.807, 2.05) is 60.7 Å². The van der Waals surface area contributed by atoms with Crippen LogP contribution in [0.5, 0.6) is 5.75 Å². The monoisotopic (exact) mass is 393 g/mol. The summed E-state index contributed by atoms with van der Waals surface area (Å²) in [5, 5.41) is 12.1. The fraction of sp³-hybridized carbons (Fsp3) is 0.227. The summed E-state index contributed by atoms with van der Waals surface area (Å²) in [6.07, 6.45) is 3.81. The molecule has 1 N–H and O–H groups in total. The van der Waals surface area contributed by atoms with Crippen molar-refractivity contribution in [3.63, 3.8) is 0 Å². The molecule has 1 heterocycles. The molecule has 3 aromatic rings. The van der Waals surface area contributed by atoms with Gasteiger partial charge in [0.1, 0.15) is 10.8 Å². The van der Waals surface area contributed by atoms with Crippen LogP contribution in [0.3, 0.4) is 0 Å². The van der Waals surface area contributed by atoms with Crippen molar-refractivity contribution in [1.82, 2.24) is 10.2 Å². The molecule has 28 heavy (non-hydrogen) atoms. The first-order chi connectivity index (χ1) is 13.3. The molecule has 5 nitrogen and oxygen atoms in total. The molecule has 0 radical (unpaired) electrons. The molecule has 3 rings (SSSR count). The van der Waals surface area contributed by atoms with Gasteiger partial charge < -0.3 is 4.74 Å². The summed E-state index contributed by atoms with van der Waals surface area (Å²) in [6.45, 7) is 6.43. The first-order valence-electron chi connectivity index (χ1n) is 8.93. The van der Waals surface area contributed by atoms with Gasteiger partial charge in [-0.25, -0.2) is 0 Å². The average Bonchev–Trinajstić information content (AvgIpc) is 3.13. The van der Waals surface area contributed by atoms with Crippen LogP contribution in [0.2, 0.25) is 0 Å². The number of nitrogens with one attached hydrogen (secondary N) is 1. The Bertz CT molecular complexity index is 968. The zero-order chi connectivity index (χ0) is 20.1. The molecule has 1 amide bonds. The van der Waals surface area contributed by atoms with Crippen molar-refractivity contribution in [3.05, 3.63) is 70.2 Å². The van der Waals surface area contributed by atoms with E-state index < -0.39 is 0 Å². The van der Waals surface area contributed by atoms with Crippen LogP contribution >= 0.6 is 11.3 Å². The van der Waals surface area contributed by atoms with Gasteiger partial charge >= 0.3 is 0 Å². The number of carbonyl (C=O) groups excluding carboxylic acids is 1. The molecule has 0 bridgehead atoms. The van der Waals surface area contributed by atoms with Gasteiger partial charge in [-0.3, -0.25) is 10.1 Å². The normalized spacial score (nSPS) is 11.6. The van der Waals surface area contributed by atoms with Crippen LogP contribution in [0.25, 0.3) is 12.2 Å². The zero-order valence-electron chi connectivity index (χ0n) is 16.4. The number of methoxy groups -OCH3 is 1. The van der Waals surface area contributed by atoms with Crippen LogP contribution < -0.4 is 10.1 Å². The summed E-state index contributed by atoms with van der Waals surface area (Å²) in [5.74, 6) is 0.621. The summed E-state index contributed by atoms with van der Waals surface area (Å²) in [7, 11) is 1.64. The third-order valence-electron chi connectivity index (χ3n) is 4.21. The number of hydrogen-bond donors (Lipinski definition) is 1. The highest BCUT2D eigenvalue weighted by atomic mass is 32.1. The standard InChI is InChI=1S/C22H23N3O2S/c1-22(2,3)17-10-8-16(9-11-17)20(26)23-21-25-24-19(28-21)14-7-15-5-12-18(27-4)13-6-15/h5-14H,1-4H3,(H,23,25,26). The summed E-state index contributed by atoms with van der Waals surface area (Å²) in [6, 6.07) is 15.4. The zero-order valence-corrected chi connectivity index (χ0v) is 17.2. The summed E-state index contributed by atoms with van der Waals surface area (Å²) >= 11 is 1.32. The van der Waals surface area contributed by atoms with E-state index in [0.717, 1.165) is 11.3 Å². The van der Waals surface area contributed by atoms with Crippen molar-refractivity contribution in [2.75, 3.05) is 12.4 Å². The number of amides is 1. The highest BCUT2D eigenvalue weighted by molar-refractivity contribution is 7.16. The maximum absolute atomic E-state index is 12.4. The minimum Gasteiger partial charge on any atom is -0.497 e. The molecule has 0 aliphatic heterocycles. The SMILES string of the molecule is COc1ccc(C=Cc2nnc(NC(=O)c3ccc(C(C)(C)C)cc3)s2)cc1. The minimum atomic E-state index is -0.192. The summed E-state index contributed by atoms with van der Waals surface area (Å²) < 4.78 is 5.15. The number of carbonyl (C=O) groups is 1. The van der Waals surface area contributed by atoms with E-state index in [2.05, 4.69) is 36.3 Å². The van der Waals surface area contributed by atoms with Gasteiger partial charge in [0.15, 0.2) is 0 Å². The van der Waals surface area contributed by atoms with Gasteiger partial charge in [0.05, 0.1) is 7.11 Å².